The molecule has 28 heavy (non-hydrogen) atoms. The van der Waals surface area contributed by atoms with E-state index >= 15 is 0 Å². The van der Waals surface area contributed by atoms with Crippen molar-refractivity contribution < 1.29 is 19.4 Å². The summed E-state index contributed by atoms with van der Waals surface area (Å²) in [6.07, 6.45) is 5.34. The lowest BCUT2D eigenvalue weighted by atomic mass is 9.87. The first kappa shape index (κ1) is 18.9. The molecule has 4 atom stereocenters. The highest BCUT2D eigenvalue weighted by atomic mass is 16.5. The zero-order valence-corrected chi connectivity index (χ0v) is 16.3. The summed E-state index contributed by atoms with van der Waals surface area (Å²) in [4.78, 5) is 40.2. The topological polar surface area (TPSA) is 88.8 Å². The van der Waals surface area contributed by atoms with E-state index in [4.69, 9.17) is 4.74 Å². The predicted octanol–water partition coefficient (Wildman–Crippen LogP) is 1.49. The molecular weight excluding hydrogens is 360 g/mol. The monoisotopic (exact) mass is 386 g/mol. The number of esters is 1. The molecule has 4 rings (SSSR count). The van der Waals surface area contributed by atoms with Gasteiger partial charge in [-0.2, -0.15) is 0 Å². The van der Waals surface area contributed by atoms with Crippen LogP contribution in [0.1, 0.15) is 49.9 Å². The van der Waals surface area contributed by atoms with Crippen LogP contribution in [0, 0.1) is 11.8 Å². The van der Waals surface area contributed by atoms with Gasteiger partial charge in [0.05, 0.1) is 25.1 Å². The van der Waals surface area contributed by atoms with E-state index < -0.39 is 29.9 Å². The van der Waals surface area contributed by atoms with E-state index in [0.717, 1.165) is 24.8 Å². The number of aromatic nitrogens is 1. The average Bonchev–Trinajstić information content (AvgIpc) is 3.32. The fourth-order valence-corrected chi connectivity index (χ4v) is 5.19. The van der Waals surface area contributed by atoms with Crippen molar-refractivity contribution in [2.24, 2.45) is 11.8 Å². The van der Waals surface area contributed by atoms with Crippen LogP contribution in [-0.4, -0.2) is 46.2 Å². The lowest BCUT2D eigenvalue weighted by molar-refractivity contribution is -0.148. The second-order valence-electron chi connectivity index (χ2n) is 7.77. The quantitative estimate of drug-likeness (QED) is 0.792. The van der Waals surface area contributed by atoms with E-state index in [2.05, 4.69) is 6.08 Å². The van der Waals surface area contributed by atoms with Gasteiger partial charge in [0, 0.05) is 36.7 Å². The largest absolute Gasteiger partial charge is 0.469 e. The molecule has 0 spiro atoms. The molecule has 3 heterocycles. The smallest absolute Gasteiger partial charge is 0.311 e. The van der Waals surface area contributed by atoms with Crippen molar-refractivity contribution in [3.05, 3.63) is 39.8 Å². The molecule has 2 bridgehead atoms. The Bertz CT molecular complexity index is 903. The highest BCUT2D eigenvalue weighted by molar-refractivity contribution is 5.81. The summed E-state index contributed by atoms with van der Waals surface area (Å²) in [7, 11) is 1.31. The summed E-state index contributed by atoms with van der Waals surface area (Å²) in [6, 6.07) is 2.70. The molecule has 1 aliphatic carbocycles. The molecule has 0 aromatic carbocycles. The second-order valence-corrected chi connectivity index (χ2v) is 7.77. The number of rotatable bonds is 4. The molecule has 3 aliphatic rings. The molecule has 1 aromatic heterocycles. The number of hydrogen-bond acceptors (Lipinski definition) is 5. The van der Waals surface area contributed by atoms with Gasteiger partial charge in [-0.25, -0.2) is 0 Å². The Hall–Kier alpha value is -2.41. The maximum atomic E-state index is 13.2. The number of pyridine rings is 1. The normalized spacial score (nSPS) is 28.1. The first-order valence-corrected chi connectivity index (χ1v) is 9.96. The third-order valence-corrected chi connectivity index (χ3v) is 6.49. The van der Waals surface area contributed by atoms with Gasteiger partial charge < -0.3 is 19.3 Å². The predicted molar refractivity (Wildman–Crippen MR) is 102 cm³/mol. The molecule has 150 valence electrons. The van der Waals surface area contributed by atoms with Crippen LogP contribution < -0.4 is 5.56 Å². The SMILES string of the molecule is CCC(=O)N1[C@@H]2Cn3c(ccc(C4=CCCC4)c3=O)[C@H]1[C@@H](C(=O)OC)[C@@H]2CO. The fraction of sp³-hybridized carbons (Fsp3) is 0.571. The van der Waals surface area contributed by atoms with Crippen molar-refractivity contribution in [1.82, 2.24) is 9.47 Å². The van der Waals surface area contributed by atoms with Crippen molar-refractivity contribution in [3.63, 3.8) is 0 Å². The standard InChI is InChI=1S/C21H26N2O5/c1-3-17(25)23-16-10-22-15(19(23)18(14(16)11-24)21(27)28-2)9-8-13(20(22)26)12-6-4-5-7-12/h6,8-9,14,16,18-19,24H,3-5,7,10-11H2,1-2H3/t14-,16-,18+,19+/m1/s1. The summed E-state index contributed by atoms with van der Waals surface area (Å²) in [5.41, 5.74) is 2.34. The van der Waals surface area contributed by atoms with Crippen LogP contribution in [-0.2, 0) is 20.9 Å². The molecule has 2 aliphatic heterocycles. The van der Waals surface area contributed by atoms with Gasteiger partial charge in [0.2, 0.25) is 5.91 Å². The van der Waals surface area contributed by atoms with E-state index in [0.29, 0.717) is 17.7 Å². The summed E-state index contributed by atoms with van der Waals surface area (Å²) >= 11 is 0. The summed E-state index contributed by atoms with van der Waals surface area (Å²) in [6.45, 7) is 1.83. The molecule has 7 nitrogen and oxygen atoms in total. The Morgan fingerprint density at radius 3 is 2.71 bits per heavy atom. The van der Waals surface area contributed by atoms with Gasteiger partial charge in [0.1, 0.15) is 0 Å². The first-order chi connectivity index (χ1) is 13.5. The van der Waals surface area contributed by atoms with E-state index in [9.17, 15) is 19.5 Å². The molecule has 0 unspecified atom stereocenters. The lowest BCUT2D eigenvalue weighted by Crippen LogP contribution is -2.49. The van der Waals surface area contributed by atoms with Crippen molar-refractivity contribution in [2.45, 2.75) is 51.2 Å². The van der Waals surface area contributed by atoms with Gasteiger partial charge >= 0.3 is 5.97 Å². The molecule has 1 saturated heterocycles. The van der Waals surface area contributed by atoms with Crippen LogP contribution in [0.2, 0.25) is 0 Å². The Kier molecular flexibility index (Phi) is 4.87. The highest BCUT2D eigenvalue weighted by Gasteiger charge is 2.57. The van der Waals surface area contributed by atoms with Gasteiger partial charge in [0.25, 0.3) is 5.56 Å². The van der Waals surface area contributed by atoms with Gasteiger partial charge in [0.15, 0.2) is 0 Å². The molecule has 0 saturated carbocycles. The van der Waals surface area contributed by atoms with Gasteiger partial charge in [-0.1, -0.05) is 13.0 Å². The Morgan fingerprint density at radius 2 is 2.11 bits per heavy atom. The molecule has 0 radical (unpaired) electrons. The lowest BCUT2D eigenvalue weighted by Gasteiger charge is -2.38. The number of hydrogen-bond donors (Lipinski definition) is 1. The minimum Gasteiger partial charge on any atom is -0.469 e. The number of aliphatic hydroxyl groups excluding tert-OH is 1. The molecule has 1 amide bonds. The van der Waals surface area contributed by atoms with Crippen LogP contribution in [0.4, 0.5) is 0 Å². The number of carbonyl (C=O) groups is 2. The van der Waals surface area contributed by atoms with Crippen LogP contribution >= 0.6 is 0 Å². The summed E-state index contributed by atoms with van der Waals surface area (Å²) in [5, 5.41) is 10.0. The number of fused-ring (bicyclic) bond motifs is 4. The first-order valence-electron chi connectivity index (χ1n) is 9.96. The molecule has 7 heteroatoms. The number of aliphatic hydroxyl groups is 1. The number of nitrogens with zero attached hydrogens (tertiary/aromatic N) is 2. The van der Waals surface area contributed by atoms with Crippen LogP contribution in [0.15, 0.2) is 23.0 Å². The number of carbonyl (C=O) groups excluding carboxylic acids is 2. The van der Waals surface area contributed by atoms with Gasteiger partial charge in [-0.3, -0.25) is 14.4 Å². The second kappa shape index (κ2) is 7.20. The third kappa shape index (κ3) is 2.64. The fourth-order valence-electron chi connectivity index (χ4n) is 5.19. The maximum Gasteiger partial charge on any atom is 0.311 e. The molecule has 1 N–H and O–H groups in total. The number of ether oxygens (including phenoxy) is 1. The minimum atomic E-state index is -0.680. The van der Waals surface area contributed by atoms with E-state index in [1.54, 1.807) is 16.4 Å². The zero-order chi connectivity index (χ0) is 20.0. The van der Waals surface area contributed by atoms with E-state index in [1.807, 2.05) is 12.1 Å². The number of methoxy groups -OCH3 is 1. The van der Waals surface area contributed by atoms with Gasteiger partial charge in [-0.15, -0.1) is 0 Å². The van der Waals surface area contributed by atoms with Crippen molar-refractivity contribution in [2.75, 3.05) is 13.7 Å². The minimum absolute atomic E-state index is 0.0774. The van der Waals surface area contributed by atoms with Crippen LogP contribution in [0.25, 0.3) is 5.57 Å². The average molecular weight is 386 g/mol. The van der Waals surface area contributed by atoms with E-state index in [-0.39, 0.29) is 24.6 Å². The highest BCUT2D eigenvalue weighted by Crippen LogP contribution is 2.49. The van der Waals surface area contributed by atoms with Crippen molar-refractivity contribution in [1.29, 1.82) is 0 Å². The molecular formula is C21H26N2O5. The Balaban J connectivity index is 1.87. The maximum absolute atomic E-state index is 13.2. The number of allylic oxidation sites excluding steroid dienone is 2. The molecule has 1 fully saturated rings. The number of amides is 1. The Labute approximate surface area is 163 Å². The zero-order valence-electron chi connectivity index (χ0n) is 16.3. The Morgan fingerprint density at radius 1 is 1.32 bits per heavy atom. The molecule has 1 aromatic rings. The van der Waals surface area contributed by atoms with E-state index in [1.165, 1.54) is 7.11 Å². The van der Waals surface area contributed by atoms with Crippen molar-refractivity contribution in [3.8, 4) is 0 Å². The third-order valence-electron chi connectivity index (χ3n) is 6.49. The van der Waals surface area contributed by atoms with Crippen LogP contribution in [0.3, 0.4) is 0 Å². The van der Waals surface area contributed by atoms with Gasteiger partial charge in [-0.05, 0) is 37.0 Å². The van der Waals surface area contributed by atoms with Crippen molar-refractivity contribution >= 4 is 17.4 Å². The summed E-state index contributed by atoms with van der Waals surface area (Å²) in [5.74, 6) is -1.67. The summed E-state index contributed by atoms with van der Waals surface area (Å²) < 4.78 is 6.71. The van der Waals surface area contributed by atoms with Crippen LogP contribution in [0.5, 0.6) is 0 Å².